The SMILES string of the molecule is N#Cc1ccc(Oc2cccc(I)c2)c(F)c1Br. The molecule has 0 N–H and O–H groups in total. The van der Waals surface area contributed by atoms with Gasteiger partial charge in [-0.2, -0.15) is 5.26 Å². The highest BCUT2D eigenvalue weighted by Crippen LogP contribution is 2.31. The van der Waals surface area contributed by atoms with Crippen LogP contribution in [0.4, 0.5) is 4.39 Å². The molecule has 0 aliphatic heterocycles. The molecule has 0 bridgehead atoms. The Morgan fingerprint density at radius 3 is 2.72 bits per heavy atom. The quantitative estimate of drug-likeness (QED) is 0.654. The standard InChI is InChI=1S/C13H6BrFINO/c14-12-8(7-17)4-5-11(13(12)15)18-10-3-1-2-9(16)6-10/h1-6H. The molecule has 2 rings (SSSR count). The molecular weight excluding hydrogens is 412 g/mol. The van der Waals surface area contributed by atoms with Crippen LogP contribution in [0.25, 0.3) is 0 Å². The van der Waals surface area contributed by atoms with Crippen LogP contribution in [-0.2, 0) is 0 Å². The Kier molecular flexibility index (Phi) is 4.19. The summed E-state index contributed by atoms with van der Waals surface area (Å²) in [6, 6.07) is 12.1. The lowest BCUT2D eigenvalue weighted by Gasteiger charge is -2.08. The molecule has 0 unspecified atom stereocenters. The Bertz CT molecular complexity index is 639. The van der Waals surface area contributed by atoms with Crippen LogP contribution in [-0.4, -0.2) is 0 Å². The maximum absolute atomic E-state index is 13.9. The van der Waals surface area contributed by atoms with E-state index in [2.05, 4.69) is 38.5 Å². The van der Waals surface area contributed by atoms with Crippen molar-refractivity contribution in [2.75, 3.05) is 0 Å². The summed E-state index contributed by atoms with van der Waals surface area (Å²) in [5, 5.41) is 8.77. The van der Waals surface area contributed by atoms with Crippen molar-refractivity contribution in [2.45, 2.75) is 0 Å². The van der Waals surface area contributed by atoms with Gasteiger partial charge in [0.25, 0.3) is 0 Å². The van der Waals surface area contributed by atoms with E-state index in [9.17, 15) is 4.39 Å². The number of nitriles is 1. The summed E-state index contributed by atoms with van der Waals surface area (Å²) in [6.07, 6.45) is 0. The zero-order valence-corrected chi connectivity index (χ0v) is 12.7. The van der Waals surface area contributed by atoms with Crippen molar-refractivity contribution in [3.63, 3.8) is 0 Å². The van der Waals surface area contributed by atoms with Gasteiger partial charge in [-0.05, 0) is 68.9 Å². The van der Waals surface area contributed by atoms with E-state index in [1.807, 2.05) is 18.2 Å². The van der Waals surface area contributed by atoms with Crippen LogP contribution >= 0.6 is 38.5 Å². The number of nitrogens with zero attached hydrogens (tertiary/aromatic N) is 1. The number of hydrogen-bond acceptors (Lipinski definition) is 2. The Balaban J connectivity index is 2.36. The first-order valence-corrected chi connectivity index (χ1v) is 6.80. The molecule has 0 heterocycles. The molecule has 18 heavy (non-hydrogen) atoms. The highest BCUT2D eigenvalue weighted by molar-refractivity contribution is 14.1. The molecule has 5 heteroatoms. The molecule has 2 aromatic carbocycles. The molecular formula is C13H6BrFINO. The zero-order chi connectivity index (χ0) is 13.1. The molecule has 0 atom stereocenters. The summed E-state index contributed by atoms with van der Waals surface area (Å²) in [7, 11) is 0. The third kappa shape index (κ3) is 2.82. The number of halogens is 3. The number of benzene rings is 2. The van der Waals surface area contributed by atoms with Gasteiger partial charge in [0.2, 0.25) is 0 Å². The first kappa shape index (κ1) is 13.3. The lowest BCUT2D eigenvalue weighted by Crippen LogP contribution is -1.92. The average molecular weight is 418 g/mol. The van der Waals surface area contributed by atoms with E-state index in [0.29, 0.717) is 5.75 Å². The second-order valence-electron chi connectivity index (χ2n) is 3.41. The summed E-state index contributed by atoms with van der Waals surface area (Å²) in [5.41, 5.74) is 0.238. The van der Waals surface area contributed by atoms with Crippen LogP contribution in [0.3, 0.4) is 0 Å². The minimum absolute atomic E-state index is 0.0860. The van der Waals surface area contributed by atoms with Gasteiger partial charge >= 0.3 is 0 Å². The number of hydrogen-bond donors (Lipinski definition) is 0. The predicted molar refractivity (Wildman–Crippen MR) is 78.0 cm³/mol. The molecule has 0 radical (unpaired) electrons. The second kappa shape index (κ2) is 5.67. The zero-order valence-electron chi connectivity index (χ0n) is 8.95. The molecule has 0 spiro atoms. The first-order chi connectivity index (χ1) is 8.61. The third-order valence-electron chi connectivity index (χ3n) is 2.19. The fraction of sp³-hybridized carbons (Fsp3) is 0. The van der Waals surface area contributed by atoms with Crippen molar-refractivity contribution in [2.24, 2.45) is 0 Å². The van der Waals surface area contributed by atoms with E-state index in [1.54, 1.807) is 12.1 Å². The summed E-state index contributed by atoms with van der Waals surface area (Å²) in [6.45, 7) is 0. The summed E-state index contributed by atoms with van der Waals surface area (Å²) >= 11 is 5.19. The maximum atomic E-state index is 13.9. The molecule has 2 aromatic rings. The first-order valence-electron chi connectivity index (χ1n) is 4.93. The van der Waals surface area contributed by atoms with Crippen LogP contribution in [0.15, 0.2) is 40.9 Å². The highest BCUT2D eigenvalue weighted by atomic mass is 127. The van der Waals surface area contributed by atoms with E-state index in [4.69, 9.17) is 10.00 Å². The van der Waals surface area contributed by atoms with Crippen molar-refractivity contribution in [3.8, 4) is 17.6 Å². The van der Waals surface area contributed by atoms with E-state index >= 15 is 0 Å². The largest absolute Gasteiger partial charge is 0.454 e. The van der Waals surface area contributed by atoms with Crippen LogP contribution < -0.4 is 4.74 Å². The van der Waals surface area contributed by atoms with Crippen molar-refractivity contribution < 1.29 is 9.13 Å². The Hall–Kier alpha value is -1.13. The van der Waals surface area contributed by atoms with E-state index in [1.165, 1.54) is 12.1 Å². The molecule has 0 saturated carbocycles. The van der Waals surface area contributed by atoms with Gasteiger partial charge < -0.3 is 4.74 Å². The van der Waals surface area contributed by atoms with Gasteiger partial charge in [0.05, 0.1) is 10.0 Å². The molecule has 0 aromatic heterocycles. The molecule has 2 nitrogen and oxygen atoms in total. The van der Waals surface area contributed by atoms with E-state index < -0.39 is 5.82 Å². The van der Waals surface area contributed by atoms with Gasteiger partial charge in [0, 0.05) is 3.57 Å². The predicted octanol–water partition coefficient (Wildman–Crippen LogP) is 4.86. The second-order valence-corrected chi connectivity index (χ2v) is 5.45. The van der Waals surface area contributed by atoms with Crippen LogP contribution in [0.5, 0.6) is 11.5 Å². The smallest absolute Gasteiger partial charge is 0.181 e. The van der Waals surface area contributed by atoms with Crippen LogP contribution in [0.1, 0.15) is 5.56 Å². The third-order valence-corrected chi connectivity index (χ3v) is 3.64. The van der Waals surface area contributed by atoms with Gasteiger partial charge in [-0.3, -0.25) is 0 Å². The van der Waals surface area contributed by atoms with Gasteiger partial charge in [-0.1, -0.05) is 6.07 Å². The van der Waals surface area contributed by atoms with Gasteiger partial charge in [0.15, 0.2) is 11.6 Å². The molecule has 0 amide bonds. The fourth-order valence-corrected chi connectivity index (χ4v) is 2.29. The van der Waals surface area contributed by atoms with E-state index in [0.717, 1.165) is 3.57 Å². The fourth-order valence-electron chi connectivity index (χ4n) is 1.35. The van der Waals surface area contributed by atoms with Crippen molar-refractivity contribution in [1.82, 2.24) is 0 Å². The number of rotatable bonds is 2. The Morgan fingerprint density at radius 1 is 1.28 bits per heavy atom. The minimum atomic E-state index is -0.576. The lowest BCUT2D eigenvalue weighted by atomic mass is 10.2. The van der Waals surface area contributed by atoms with Crippen LogP contribution in [0, 0.1) is 20.7 Å². The monoisotopic (exact) mass is 417 g/mol. The summed E-state index contributed by atoms with van der Waals surface area (Å²) in [5.74, 6) is 0.0631. The van der Waals surface area contributed by atoms with Crippen molar-refractivity contribution in [1.29, 1.82) is 5.26 Å². The van der Waals surface area contributed by atoms with E-state index in [-0.39, 0.29) is 15.8 Å². The van der Waals surface area contributed by atoms with Gasteiger partial charge in [0.1, 0.15) is 11.8 Å². The summed E-state index contributed by atoms with van der Waals surface area (Å²) < 4.78 is 20.5. The highest BCUT2D eigenvalue weighted by Gasteiger charge is 2.12. The van der Waals surface area contributed by atoms with Crippen molar-refractivity contribution >= 4 is 38.5 Å². The average Bonchev–Trinajstić information content (AvgIpc) is 2.35. The van der Waals surface area contributed by atoms with Crippen LogP contribution in [0.2, 0.25) is 0 Å². The van der Waals surface area contributed by atoms with Crippen molar-refractivity contribution in [3.05, 3.63) is 55.8 Å². The number of ether oxygens (including phenoxy) is 1. The Labute approximate surface area is 126 Å². The normalized spacial score (nSPS) is 9.89. The van der Waals surface area contributed by atoms with Gasteiger partial charge in [-0.15, -0.1) is 0 Å². The minimum Gasteiger partial charge on any atom is -0.454 e. The summed E-state index contributed by atoms with van der Waals surface area (Å²) in [4.78, 5) is 0. The molecule has 0 aliphatic carbocycles. The molecule has 0 fully saturated rings. The lowest BCUT2D eigenvalue weighted by molar-refractivity contribution is 0.440. The molecule has 0 saturated heterocycles. The molecule has 0 aliphatic rings. The maximum Gasteiger partial charge on any atom is 0.181 e. The molecule has 90 valence electrons. The topological polar surface area (TPSA) is 33.0 Å². The Morgan fingerprint density at radius 2 is 2.06 bits per heavy atom. The van der Waals surface area contributed by atoms with Gasteiger partial charge in [-0.25, -0.2) is 4.39 Å².